The smallest absolute Gasteiger partial charge is 0.280 e. The van der Waals surface area contributed by atoms with E-state index in [0.717, 1.165) is 37.0 Å². The summed E-state index contributed by atoms with van der Waals surface area (Å²) < 4.78 is 1.09. The first kappa shape index (κ1) is 23.8. The van der Waals surface area contributed by atoms with E-state index in [1.54, 1.807) is 6.07 Å². The van der Waals surface area contributed by atoms with Crippen molar-refractivity contribution in [1.29, 1.82) is 0 Å². The van der Waals surface area contributed by atoms with Gasteiger partial charge in [-0.1, -0.05) is 37.0 Å². The van der Waals surface area contributed by atoms with Gasteiger partial charge in [0.15, 0.2) is 0 Å². The van der Waals surface area contributed by atoms with Gasteiger partial charge in [0.1, 0.15) is 11.6 Å². The Kier molecular flexibility index (Phi) is 9.19. The summed E-state index contributed by atoms with van der Waals surface area (Å²) in [5.74, 6) is -0.851. The number of nitrogens with two attached hydrogens (primary N) is 1. The van der Waals surface area contributed by atoms with Gasteiger partial charge in [-0.15, -0.1) is 17.5 Å². The molecule has 1 aliphatic heterocycles. The van der Waals surface area contributed by atoms with Crippen molar-refractivity contribution in [3.8, 4) is 0 Å². The average Bonchev–Trinajstić information content (AvgIpc) is 2.71. The number of carbonyl (C=O) groups excluding carboxylic acids is 2. The first-order chi connectivity index (χ1) is 14.1. The lowest BCUT2D eigenvalue weighted by molar-refractivity contribution is -0.136. The number of imide groups is 1. The zero-order valence-electron chi connectivity index (χ0n) is 16.9. The summed E-state index contributed by atoms with van der Waals surface area (Å²) in [6.07, 6.45) is 7.14. The van der Waals surface area contributed by atoms with Crippen LogP contribution in [-0.2, 0) is 9.59 Å². The number of halogens is 1. The lowest BCUT2D eigenvalue weighted by Gasteiger charge is -2.21. The molecule has 1 aliphatic rings. The fraction of sp³-hybridized carbons (Fsp3) is 0.550. The second kappa shape index (κ2) is 11.6. The number of benzene rings is 1. The third kappa shape index (κ3) is 5.76. The van der Waals surface area contributed by atoms with Gasteiger partial charge in [-0.2, -0.15) is 4.68 Å². The largest absolute Gasteiger partial charge is 0.384 e. The van der Waals surface area contributed by atoms with Gasteiger partial charge in [-0.05, 0) is 37.9 Å². The Bertz CT molecular complexity index is 932. The van der Waals surface area contributed by atoms with Gasteiger partial charge >= 0.3 is 0 Å². The molecule has 4 N–H and O–H groups in total. The summed E-state index contributed by atoms with van der Waals surface area (Å²) in [6.45, 7) is 1.50. The molecule has 0 bridgehead atoms. The van der Waals surface area contributed by atoms with Gasteiger partial charge in [0.2, 0.25) is 5.91 Å². The Balaban J connectivity index is 0.00000320. The van der Waals surface area contributed by atoms with E-state index in [4.69, 9.17) is 5.73 Å². The van der Waals surface area contributed by atoms with E-state index in [2.05, 4.69) is 20.9 Å². The lowest BCUT2D eigenvalue weighted by Crippen LogP contribution is -2.45. The third-order valence-corrected chi connectivity index (χ3v) is 5.16. The van der Waals surface area contributed by atoms with Crippen molar-refractivity contribution in [2.24, 2.45) is 5.73 Å². The van der Waals surface area contributed by atoms with Crippen LogP contribution in [0.4, 0.5) is 5.69 Å². The highest BCUT2D eigenvalue weighted by Crippen LogP contribution is 2.21. The average molecular weight is 437 g/mol. The molecule has 1 unspecified atom stereocenters. The van der Waals surface area contributed by atoms with Crippen LogP contribution in [0, 0.1) is 0 Å². The topological polar surface area (TPSA) is 132 Å². The van der Waals surface area contributed by atoms with Gasteiger partial charge in [-0.25, -0.2) is 0 Å². The summed E-state index contributed by atoms with van der Waals surface area (Å²) in [6, 6.07) is 4.56. The number of aromatic nitrogens is 3. The molecule has 0 spiro atoms. The van der Waals surface area contributed by atoms with E-state index >= 15 is 0 Å². The van der Waals surface area contributed by atoms with Crippen molar-refractivity contribution in [1.82, 2.24) is 20.3 Å². The molecular weight excluding hydrogens is 408 g/mol. The summed E-state index contributed by atoms with van der Waals surface area (Å²) >= 11 is 0. The molecule has 10 heteroatoms. The van der Waals surface area contributed by atoms with Crippen molar-refractivity contribution in [3.63, 3.8) is 0 Å². The molecule has 0 saturated carbocycles. The monoisotopic (exact) mass is 436 g/mol. The van der Waals surface area contributed by atoms with Crippen molar-refractivity contribution >= 4 is 40.8 Å². The van der Waals surface area contributed by atoms with Crippen LogP contribution in [0.2, 0.25) is 0 Å². The van der Waals surface area contributed by atoms with Gasteiger partial charge in [0, 0.05) is 18.7 Å². The third-order valence-electron chi connectivity index (χ3n) is 5.16. The van der Waals surface area contributed by atoms with E-state index in [-0.39, 0.29) is 36.7 Å². The van der Waals surface area contributed by atoms with Crippen LogP contribution in [0.25, 0.3) is 10.9 Å². The molecule has 9 nitrogen and oxygen atoms in total. The Morgan fingerprint density at radius 1 is 1.10 bits per heavy atom. The number of hydrogen-bond donors (Lipinski definition) is 3. The minimum Gasteiger partial charge on any atom is -0.384 e. The van der Waals surface area contributed by atoms with Crippen LogP contribution < -0.4 is 21.9 Å². The van der Waals surface area contributed by atoms with Crippen LogP contribution >= 0.6 is 12.4 Å². The molecule has 30 heavy (non-hydrogen) atoms. The molecule has 2 amide bonds. The number of carbonyl (C=O) groups is 2. The van der Waals surface area contributed by atoms with Gasteiger partial charge in [-0.3, -0.25) is 19.7 Å². The molecule has 2 aromatic rings. The highest BCUT2D eigenvalue weighted by molar-refractivity contribution is 5.99. The fourth-order valence-corrected chi connectivity index (χ4v) is 3.57. The van der Waals surface area contributed by atoms with Crippen molar-refractivity contribution in [2.75, 3.05) is 18.4 Å². The SMILES string of the molecule is Cl.NCCCCCCCCNc1cccc2nnn(C3CCC(=O)NC3=O)c(=O)c12. The summed E-state index contributed by atoms with van der Waals surface area (Å²) in [4.78, 5) is 36.6. The van der Waals surface area contributed by atoms with Crippen LogP contribution in [0.5, 0.6) is 0 Å². The Hall–Kier alpha value is -2.52. The molecular formula is C20H29ClN6O3. The van der Waals surface area contributed by atoms with Crippen LogP contribution in [0.15, 0.2) is 23.0 Å². The molecule has 1 atom stereocenters. The summed E-state index contributed by atoms with van der Waals surface area (Å²) in [5.41, 5.74) is 6.28. The number of fused-ring (bicyclic) bond motifs is 1. The highest BCUT2D eigenvalue weighted by Gasteiger charge is 2.30. The molecule has 1 aromatic carbocycles. The molecule has 2 heterocycles. The number of unbranched alkanes of at least 4 members (excludes halogenated alkanes) is 5. The van der Waals surface area contributed by atoms with E-state index in [9.17, 15) is 14.4 Å². The van der Waals surface area contributed by atoms with Gasteiger partial charge in [0.05, 0.1) is 5.39 Å². The maximum absolute atomic E-state index is 13.1. The van der Waals surface area contributed by atoms with E-state index in [0.29, 0.717) is 16.6 Å². The second-order valence-electron chi connectivity index (χ2n) is 7.34. The summed E-state index contributed by atoms with van der Waals surface area (Å²) in [7, 11) is 0. The van der Waals surface area contributed by atoms with Crippen molar-refractivity contribution < 1.29 is 9.59 Å². The van der Waals surface area contributed by atoms with E-state index in [1.165, 1.54) is 19.3 Å². The van der Waals surface area contributed by atoms with Gasteiger partial charge < -0.3 is 11.1 Å². The Morgan fingerprint density at radius 3 is 2.57 bits per heavy atom. The minimum absolute atomic E-state index is 0. The van der Waals surface area contributed by atoms with Crippen LogP contribution in [-0.4, -0.2) is 39.9 Å². The zero-order valence-corrected chi connectivity index (χ0v) is 17.7. The lowest BCUT2D eigenvalue weighted by atomic mass is 10.1. The number of piperidine rings is 1. The molecule has 1 fully saturated rings. The normalized spacial score (nSPS) is 16.2. The van der Waals surface area contributed by atoms with Gasteiger partial charge in [0.25, 0.3) is 11.5 Å². The minimum atomic E-state index is -0.821. The molecule has 3 rings (SSSR count). The van der Waals surface area contributed by atoms with Crippen LogP contribution in [0.1, 0.15) is 57.4 Å². The maximum Gasteiger partial charge on any atom is 0.280 e. The first-order valence-corrected chi connectivity index (χ1v) is 10.3. The number of amides is 2. The standard InChI is InChI=1S/C20H28N6O3.ClH/c21-12-5-3-1-2-4-6-13-22-14-8-7-9-15-18(14)20(29)26(25-24-15)16-10-11-17(27)23-19(16)28;/h7-9,16,22H,1-6,10-13,21H2,(H,23,27,28);1H. The van der Waals surface area contributed by atoms with Crippen molar-refractivity contribution in [3.05, 3.63) is 28.6 Å². The quantitative estimate of drug-likeness (QED) is 0.382. The van der Waals surface area contributed by atoms with E-state index in [1.807, 2.05) is 12.1 Å². The fourth-order valence-electron chi connectivity index (χ4n) is 3.57. The highest BCUT2D eigenvalue weighted by atomic mass is 35.5. The second-order valence-corrected chi connectivity index (χ2v) is 7.34. The van der Waals surface area contributed by atoms with Crippen molar-refractivity contribution in [2.45, 2.75) is 57.4 Å². The molecule has 1 aromatic heterocycles. The number of anilines is 1. The summed E-state index contributed by atoms with van der Waals surface area (Å²) in [5, 5.41) is 14.0. The first-order valence-electron chi connectivity index (χ1n) is 10.3. The number of hydrogen-bond acceptors (Lipinski definition) is 7. The number of nitrogens with zero attached hydrogens (tertiary/aromatic N) is 3. The number of rotatable bonds is 10. The van der Waals surface area contributed by atoms with Crippen LogP contribution in [0.3, 0.4) is 0 Å². The Labute approximate surface area is 181 Å². The predicted octanol–water partition coefficient (Wildman–Crippen LogP) is 1.90. The maximum atomic E-state index is 13.1. The molecule has 0 aliphatic carbocycles. The number of nitrogens with one attached hydrogen (secondary N) is 2. The predicted molar refractivity (Wildman–Crippen MR) is 118 cm³/mol. The Morgan fingerprint density at radius 2 is 1.83 bits per heavy atom. The molecule has 1 saturated heterocycles. The molecule has 164 valence electrons. The molecule has 0 radical (unpaired) electrons. The van der Waals surface area contributed by atoms with E-state index < -0.39 is 11.9 Å². The zero-order chi connectivity index (χ0) is 20.6.